The van der Waals surface area contributed by atoms with Gasteiger partial charge < -0.3 is 14.2 Å². The van der Waals surface area contributed by atoms with Gasteiger partial charge in [-0.15, -0.1) is 11.3 Å². The van der Waals surface area contributed by atoms with Crippen molar-refractivity contribution in [1.29, 1.82) is 0 Å². The third-order valence-electron chi connectivity index (χ3n) is 6.03. The van der Waals surface area contributed by atoms with Gasteiger partial charge in [-0.05, 0) is 64.1 Å². The Morgan fingerprint density at radius 1 is 0.875 bits per heavy atom. The molecule has 0 unspecified atom stereocenters. The Morgan fingerprint density at radius 2 is 1.42 bits per heavy atom. The summed E-state index contributed by atoms with van der Waals surface area (Å²) in [5.74, 6) is -0.386. The number of carbonyl (C=O) groups is 2. The molecule has 3 aromatic rings. The first-order valence-electron chi connectivity index (χ1n) is 14.1. The van der Waals surface area contributed by atoms with Crippen LogP contribution in [0.25, 0.3) is 21.6 Å². The predicted molar refractivity (Wildman–Crippen MR) is 204 cm³/mol. The van der Waals surface area contributed by atoms with Crippen molar-refractivity contribution in [1.82, 2.24) is 14.7 Å². The Labute approximate surface area is 296 Å². The number of nitrogens with one attached hydrogen (secondary N) is 1. The Bertz CT molecular complexity index is 1450. The minimum Gasteiger partial charge on any atom is -0.473 e. The number of rotatable bonds is 9. The molecule has 0 amide bonds. The van der Waals surface area contributed by atoms with Crippen molar-refractivity contribution in [2.75, 3.05) is 7.11 Å². The van der Waals surface area contributed by atoms with E-state index in [1.165, 1.54) is 7.11 Å². The molecule has 0 bridgehead atoms. The van der Waals surface area contributed by atoms with Crippen molar-refractivity contribution in [3.63, 3.8) is 0 Å². The van der Waals surface area contributed by atoms with Gasteiger partial charge in [0, 0.05) is 18.9 Å². The lowest BCUT2D eigenvalue weighted by molar-refractivity contribution is -0.171. The fourth-order valence-corrected chi connectivity index (χ4v) is 5.94. The number of esters is 2. The lowest BCUT2D eigenvalue weighted by Gasteiger charge is -2.15. The predicted octanol–water partition coefficient (Wildman–Crippen LogP) is 9.33. The van der Waals surface area contributed by atoms with Crippen LogP contribution in [0.3, 0.4) is 0 Å². The average Bonchev–Trinajstić information content (AvgIpc) is 3.86. The highest BCUT2D eigenvalue weighted by Crippen LogP contribution is 2.41. The average molecular weight is 716 g/mol. The number of nitrogens with zero attached hydrogens (tertiary/aromatic N) is 2. The molecule has 0 radical (unpaired) electrons. The monoisotopic (exact) mass is 715 g/mol. The minimum atomic E-state index is -2.94. The summed E-state index contributed by atoms with van der Waals surface area (Å²) in [5.41, 5.74) is 1.62. The maximum Gasteiger partial charge on any atom is 0.350 e. The van der Waals surface area contributed by atoms with Gasteiger partial charge in [-0.1, -0.05) is 76.6 Å². The number of methoxy groups -OCH3 is 1. The van der Waals surface area contributed by atoms with Crippen LogP contribution in [-0.2, 0) is 29.1 Å². The number of sulfonamides is 1. The van der Waals surface area contributed by atoms with Gasteiger partial charge in [0.25, 0.3) is 0 Å². The summed E-state index contributed by atoms with van der Waals surface area (Å²) in [6.07, 6.45) is 2.91. The molecule has 2 saturated carbocycles. The number of para-hydroxylation sites is 2. The summed E-state index contributed by atoms with van der Waals surface area (Å²) >= 11 is 1.64. The number of hydrogen-bond acceptors (Lipinski definition) is 10. The first kappa shape index (κ1) is 51.7. The topological polar surface area (TPSA) is 134 Å². The van der Waals surface area contributed by atoms with Crippen molar-refractivity contribution in [3.8, 4) is 16.5 Å². The lowest BCUT2D eigenvalue weighted by atomic mass is 10.2. The van der Waals surface area contributed by atoms with Crippen molar-refractivity contribution in [3.05, 3.63) is 41.8 Å². The molecular formula is C36H65N3O7S2. The minimum absolute atomic E-state index is 0. The first-order chi connectivity index (χ1) is 19.8. The maximum atomic E-state index is 11.2. The molecule has 2 aliphatic carbocycles. The number of ether oxygens (including phenoxy) is 3. The Balaban J connectivity index is -0.000000299. The fraction of sp³-hybridized carbons (Fsp3) is 0.611. The van der Waals surface area contributed by atoms with Crippen molar-refractivity contribution >= 4 is 44.3 Å². The van der Waals surface area contributed by atoms with Gasteiger partial charge in [-0.25, -0.2) is 27.9 Å². The lowest BCUT2D eigenvalue weighted by Crippen LogP contribution is -2.32. The molecule has 2 fully saturated rings. The van der Waals surface area contributed by atoms with E-state index in [9.17, 15) is 18.0 Å². The van der Waals surface area contributed by atoms with E-state index in [1.807, 2.05) is 69.5 Å². The van der Waals surface area contributed by atoms with Crippen LogP contribution < -0.4 is 9.46 Å². The molecule has 10 nitrogen and oxygen atoms in total. The van der Waals surface area contributed by atoms with E-state index < -0.39 is 21.6 Å². The van der Waals surface area contributed by atoms with Gasteiger partial charge in [0.05, 0.1) is 40.3 Å². The Hall–Kier alpha value is -3.09. The van der Waals surface area contributed by atoms with E-state index in [4.69, 9.17) is 14.5 Å². The van der Waals surface area contributed by atoms with Gasteiger partial charge >= 0.3 is 11.9 Å². The van der Waals surface area contributed by atoms with Gasteiger partial charge in [-0.3, -0.25) is 4.79 Å². The molecule has 5 rings (SSSR count). The van der Waals surface area contributed by atoms with E-state index >= 15 is 0 Å². The van der Waals surface area contributed by atoms with Crippen LogP contribution in [0.4, 0.5) is 0 Å². The second-order valence-corrected chi connectivity index (χ2v) is 14.0. The molecule has 1 N–H and O–H groups in total. The van der Waals surface area contributed by atoms with Crippen LogP contribution in [0.15, 0.2) is 41.8 Å². The van der Waals surface area contributed by atoms with E-state index in [2.05, 4.69) is 14.4 Å². The molecular weight excluding hydrogens is 651 g/mol. The molecule has 12 heteroatoms. The smallest absolute Gasteiger partial charge is 0.350 e. The SMILES string of the molecule is C.C.C.C.C.C.CC(C)NS(=O)(=O)C1CC1.CC(C)Oc1nc2ccccc2nc1-c1cccs1.COC(=O)C1(OC(=O)C(C)C)CC1. The van der Waals surface area contributed by atoms with Crippen molar-refractivity contribution in [2.45, 2.75) is 135 Å². The zero-order valence-corrected chi connectivity index (χ0v) is 26.9. The fourth-order valence-electron chi connectivity index (χ4n) is 3.62. The third-order valence-corrected chi connectivity index (χ3v) is 9.06. The van der Waals surface area contributed by atoms with E-state index in [0.717, 1.165) is 34.4 Å². The standard InChI is InChI=1S/C15H14N2OS.C9H14O4.C6H13NO2S.6CH4/c1-10(2)18-15-14(13-8-5-9-19-13)16-11-6-3-4-7-12(11)17-15;1-6(2)7(10)13-9(4-5-9)8(11)12-3;1-5(2)7-10(8,9)6-3-4-6;;;;;;/h3-10H,1-2H3;6H,4-5H2,1-3H3;5-7H,3-4H2,1-2H3;6*1H4. The Kier molecular flexibility index (Phi) is 24.3. The quantitative estimate of drug-likeness (QED) is 0.215. The molecule has 2 aliphatic rings. The van der Waals surface area contributed by atoms with Crippen molar-refractivity contribution < 1.29 is 32.2 Å². The largest absolute Gasteiger partial charge is 0.473 e. The van der Waals surface area contributed by atoms with Crippen LogP contribution in [0.2, 0.25) is 0 Å². The number of hydrogen-bond donors (Lipinski definition) is 1. The van der Waals surface area contributed by atoms with Gasteiger partial charge in [-0.2, -0.15) is 0 Å². The number of thiophene rings is 1. The summed E-state index contributed by atoms with van der Waals surface area (Å²) in [7, 11) is -1.64. The highest BCUT2D eigenvalue weighted by Gasteiger charge is 2.55. The van der Waals surface area contributed by atoms with Crippen LogP contribution in [0, 0.1) is 5.92 Å². The van der Waals surface area contributed by atoms with E-state index in [0.29, 0.717) is 18.7 Å². The molecule has 0 spiro atoms. The Morgan fingerprint density at radius 3 is 1.81 bits per heavy atom. The number of fused-ring (bicyclic) bond motifs is 1. The molecule has 48 heavy (non-hydrogen) atoms. The van der Waals surface area contributed by atoms with E-state index in [1.54, 1.807) is 25.2 Å². The molecule has 0 saturated heterocycles. The van der Waals surface area contributed by atoms with Crippen LogP contribution >= 0.6 is 11.3 Å². The highest BCUT2D eigenvalue weighted by molar-refractivity contribution is 7.90. The highest BCUT2D eigenvalue weighted by atomic mass is 32.2. The van der Waals surface area contributed by atoms with E-state index in [-0.39, 0.29) is 73.8 Å². The van der Waals surface area contributed by atoms with Crippen LogP contribution in [0.5, 0.6) is 5.88 Å². The first-order valence-corrected chi connectivity index (χ1v) is 16.5. The maximum absolute atomic E-state index is 11.2. The second kappa shape index (κ2) is 22.5. The summed E-state index contributed by atoms with van der Waals surface area (Å²) < 4.78 is 40.1. The van der Waals surface area contributed by atoms with Crippen LogP contribution in [-0.4, -0.2) is 60.4 Å². The zero-order valence-electron chi connectivity index (χ0n) is 25.2. The molecule has 0 atom stereocenters. The molecule has 0 aliphatic heterocycles. The summed E-state index contributed by atoms with van der Waals surface area (Å²) in [5, 5.41) is 1.95. The summed E-state index contributed by atoms with van der Waals surface area (Å²) in [6, 6.07) is 11.9. The second-order valence-electron chi connectivity index (χ2n) is 11.1. The molecule has 278 valence electrons. The number of benzene rings is 1. The molecule has 1 aromatic carbocycles. The molecule has 2 aromatic heterocycles. The van der Waals surface area contributed by atoms with Gasteiger partial charge in [0.2, 0.25) is 21.5 Å². The van der Waals surface area contributed by atoms with Crippen LogP contribution in [0.1, 0.15) is 112 Å². The third kappa shape index (κ3) is 15.0. The number of carbonyl (C=O) groups excluding carboxylic acids is 2. The zero-order chi connectivity index (χ0) is 31.1. The normalized spacial score (nSPS) is 13.5. The summed E-state index contributed by atoms with van der Waals surface area (Å²) in [4.78, 5) is 32.7. The van der Waals surface area contributed by atoms with Crippen molar-refractivity contribution in [2.24, 2.45) is 5.92 Å². The molecule has 2 heterocycles. The number of aromatic nitrogens is 2. The van der Waals surface area contributed by atoms with Gasteiger partial charge in [0.15, 0.2) is 0 Å². The summed E-state index contributed by atoms with van der Waals surface area (Å²) in [6.45, 7) is 11.1. The van der Waals surface area contributed by atoms with Gasteiger partial charge in [0.1, 0.15) is 5.69 Å².